The zero-order chi connectivity index (χ0) is 19.4. The molecular weight excluding hydrogens is 474 g/mol. The number of piperidine rings is 2. The van der Waals surface area contributed by atoms with Crippen molar-refractivity contribution in [3.8, 4) is 0 Å². The smallest absolute Gasteiger partial charge is 0.254 e. The molecule has 2 fully saturated rings. The predicted octanol–water partition coefficient (Wildman–Crippen LogP) is 5.16. The topological polar surface area (TPSA) is 41.6 Å². The molecule has 4 nitrogen and oxygen atoms in total. The number of nitrogens with zero attached hydrogens (tertiary/aromatic N) is 1. The van der Waals surface area contributed by atoms with Gasteiger partial charge in [-0.15, -0.1) is 0 Å². The van der Waals surface area contributed by atoms with E-state index in [0.29, 0.717) is 28.6 Å². The van der Waals surface area contributed by atoms with Crippen molar-refractivity contribution in [2.75, 3.05) is 19.7 Å². The molecule has 8 heteroatoms. The van der Waals surface area contributed by atoms with E-state index in [0.717, 1.165) is 25.9 Å². The van der Waals surface area contributed by atoms with E-state index >= 15 is 0 Å². The van der Waals surface area contributed by atoms with Crippen LogP contribution in [0.4, 0.5) is 0 Å². The summed E-state index contributed by atoms with van der Waals surface area (Å²) in [5, 5.41) is 2.73. The Labute approximate surface area is 184 Å². The monoisotopic (exact) mass is 496 g/mol. The molecule has 150 valence electrons. The molecule has 2 aliphatic rings. The minimum atomic E-state index is -1.75. The molecule has 3 rings (SSSR count). The van der Waals surface area contributed by atoms with Crippen LogP contribution >= 0.6 is 50.7 Å². The lowest BCUT2D eigenvalue weighted by Crippen LogP contribution is -2.51. The lowest BCUT2D eigenvalue weighted by Gasteiger charge is -2.44. The second-order valence-electron chi connectivity index (χ2n) is 7.21. The van der Waals surface area contributed by atoms with Crippen LogP contribution in [0.2, 0.25) is 0 Å². The number of benzene rings is 1. The summed E-state index contributed by atoms with van der Waals surface area (Å²) >= 11 is 21.7. The average molecular weight is 499 g/mol. The maximum Gasteiger partial charge on any atom is 0.254 e. The van der Waals surface area contributed by atoms with Crippen LogP contribution in [0, 0.1) is 5.92 Å². The van der Waals surface area contributed by atoms with Gasteiger partial charge in [0.1, 0.15) is 0 Å². The third-order valence-corrected chi connectivity index (χ3v) is 6.67. The highest BCUT2D eigenvalue weighted by atomic mass is 79.9. The summed E-state index contributed by atoms with van der Waals surface area (Å²) in [5.74, 6) is 0.0519. The number of carbonyl (C=O) groups excluding carboxylic acids is 1. The Hall–Kier alpha value is -0.0400. The lowest BCUT2D eigenvalue weighted by atomic mass is 9.84. The van der Waals surface area contributed by atoms with Crippen LogP contribution in [0.15, 0.2) is 28.7 Å². The van der Waals surface area contributed by atoms with Gasteiger partial charge in [0, 0.05) is 10.5 Å². The molecule has 0 spiro atoms. The molecule has 0 bridgehead atoms. The number of alkyl halides is 3. The number of hydrogen-bond acceptors (Lipinski definition) is 3. The van der Waals surface area contributed by atoms with E-state index in [1.54, 1.807) is 18.2 Å². The summed E-state index contributed by atoms with van der Waals surface area (Å²) in [6.45, 7) is 2.79. The highest BCUT2D eigenvalue weighted by Gasteiger charge is 2.38. The zero-order valence-corrected chi connectivity index (χ0v) is 18.8. The molecule has 0 radical (unpaired) electrons. The van der Waals surface area contributed by atoms with Gasteiger partial charge >= 0.3 is 0 Å². The average Bonchev–Trinajstić information content (AvgIpc) is 2.64. The van der Waals surface area contributed by atoms with Gasteiger partial charge in [-0.2, -0.15) is 0 Å². The Balaban J connectivity index is 1.63. The molecule has 1 aromatic carbocycles. The molecule has 0 aliphatic carbocycles. The molecule has 1 aromatic rings. The minimum Gasteiger partial charge on any atom is -0.354 e. The van der Waals surface area contributed by atoms with Crippen LogP contribution in [-0.2, 0) is 4.74 Å². The number of amides is 1. The summed E-state index contributed by atoms with van der Waals surface area (Å²) in [6, 6.07) is 7.64. The normalized spacial score (nSPS) is 24.9. The third-order valence-electron chi connectivity index (χ3n) is 5.38. The highest BCUT2D eigenvalue weighted by Crippen LogP contribution is 2.34. The minimum absolute atomic E-state index is 0.346. The van der Waals surface area contributed by atoms with E-state index in [1.807, 2.05) is 6.07 Å². The molecule has 0 unspecified atom stereocenters. The Morgan fingerprint density at radius 2 is 1.96 bits per heavy atom. The van der Waals surface area contributed by atoms with Crippen LogP contribution in [0.1, 0.15) is 42.5 Å². The van der Waals surface area contributed by atoms with Crippen LogP contribution in [0.3, 0.4) is 0 Å². The van der Waals surface area contributed by atoms with E-state index in [2.05, 4.69) is 26.1 Å². The molecular formula is C19H24BrCl3N2O2. The third kappa shape index (κ3) is 5.74. The summed E-state index contributed by atoms with van der Waals surface area (Å²) in [7, 11) is 0. The first-order valence-electron chi connectivity index (χ1n) is 9.34. The molecule has 0 aromatic heterocycles. The number of ether oxygens (including phenoxy) is 1. The number of hydrogen-bond donors (Lipinski definition) is 1. The Morgan fingerprint density at radius 1 is 1.22 bits per heavy atom. The van der Waals surface area contributed by atoms with Crippen LogP contribution in [-0.4, -0.2) is 46.6 Å². The summed E-state index contributed by atoms with van der Waals surface area (Å²) in [4.78, 5) is 15.2. The SMILES string of the molecule is O=C(N[C@H](OC[C@@H]1CCCN2CCCC[C@@H]12)C(Cl)(Cl)Cl)c1ccccc1Br. The fraction of sp³-hybridized carbons (Fsp3) is 0.632. The van der Waals surface area contributed by atoms with Crippen molar-refractivity contribution in [3.05, 3.63) is 34.3 Å². The molecule has 27 heavy (non-hydrogen) atoms. The van der Waals surface area contributed by atoms with Crippen molar-refractivity contribution >= 4 is 56.6 Å². The highest BCUT2D eigenvalue weighted by molar-refractivity contribution is 9.10. The Kier molecular flexibility index (Phi) is 7.73. The second-order valence-corrected chi connectivity index (χ2v) is 10.4. The number of fused-ring (bicyclic) bond motifs is 1. The first-order valence-corrected chi connectivity index (χ1v) is 11.3. The zero-order valence-electron chi connectivity index (χ0n) is 15.0. The van der Waals surface area contributed by atoms with Gasteiger partial charge in [-0.25, -0.2) is 0 Å². The predicted molar refractivity (Wildman–Crippen MR) is 114 cm³/mol. The maximum absolute atomic E-state index is 12.6. The maximum atomic E-state index is 12.6. The molecule has 3 atom stereocenters. The standard InChI is InChI=1S/C19H24BrCl3N2O2/c20-15-8-2-1-7-14(15)17(26)24-18(19(21,22)23)27-12-13-6-5-11-25-10-4-3-9-16(13)25/h1-2,7-8,13,16,18H,3-6,9-12H2,(H,24,26)/t13-,16-,18+/m0/s1. The van der Waals surface area contributed by atoms with Crippen molar-refractivity contribution in [2.45, 2.75) is 48.2 Å². The molecule has 1 amide bonds. The van der Waals surface area contributed by atoms with Gasteiger partial charge in [0.2, 0.25) is 3.79 Å². The molecule has 2 saturated heterocycles. The summed E-state index contributed by atoms with van der Waals surface area (Å²) < 4.78 is 4.88. The van der Waals surface area contributed by atoms with Crippen LogP contribution in [0.5, 0.6) is 0 Å². The second kappa shape index (κ2) is 9.64. The molecule has 2 aliphatic heterocycles. The van der Waals surface area contributed by atoms with Gasteiger partial charge in [0.15, 0.2) is 6.23 Å². The van der Waals surface area contributed by atoms with E-state index in [4.69, 9.17) is 39.5 Å². The molecule has 0 saturated carbocycles. The molecule has 1 N–H and O–H groups in total. The van der Waals surface area contributed by atoms with Gasteiger partial charge in [0.25, 0.3) is 5.91 Å². The van der Waals surface area contributed by atoms with Gasteiger partial charge in [-0.3, -0.25) is 4.79 Å². The summed E-state index contributed by atoms with van der Waals surface area (Å²) in [5.41, 5.74) is 0.469. The van der Waals surface area contributed by atoms with Crippen LogP contribution in [0.25, 0.3) is 0 Å². The largest absolute Gasteiger partial charge is 0.354 e. The van der Waals surface area contributed by atoms with Crippen molar-refractivity contribution in [2.24, 2.45) is 5.92 Å². The fourth-order valence-electron chi connectivity index (χ4n) is 4.05. The first kappa shape index (κ1) is 21.7. The summed E-state index contributed by atoms with van der Waals surface area (Å²) in [6.07, 6.45) is 4.96. The number of nitrogens with one attached hydrogen (secondary N) is 1. The Morgan fingerprint density at radius 3 is 2.70 bits per heavy atom. The van der Waals surface area contributed by atoms with Crippen molar-refractivity contribution < 1.29 is 9.53 Å². The van der Waals surface area contributed by atoms with Gasteiger partial charge < -0.3 is 15.0 Å². The fourth-order valence-corrected chi connectivity index (χ4v) is 4.87. The quantitative estimate of drug-likeness (QED) is 0.451. The van der Waals surface area contributed by atoms with Crippen molar-refractivity contribution in [1.82, 2.24) is 10.2 Å². The van der Waals surface area contributed by atoms with Crippen molar-refractivity contribution in [1.29, 1.82) is 0 Å². The van der Waals surface area contributed by atoms with E-state index in [-0.39, 0.29) is 5.91 Å². The van der Waals surface area contributed by atoms with Gasteiger partial charge in [-0.1, -0.05) is 53.4 Å². The number of rotatable bonds is 5. The van der Waals surface area contributed by atoms with Crippen molar-refractivity contribution in [3.63, 3.8) is 0 Å². The molecule has 2 heterocycles. The Bertz CT molecular complexity index is 654. The number of halogens is 4. The number of carbonyl (C=O) groups is 1. The van der Waals surface area contributed by atoms with Gasteiger partial charge in [0.05, 0.1) is 12.2 Å². The first-order chi connectivity index (χ1) is 12.9. The van der Waals surface area contributed by atoms with E-state index in [1.165, 1.54) is 19.3 Å². The lowest BCUT2D eigenvalue weighted by molar-refractivity contribution is -0.0325. The van der Waals surface area contributed by atoms with Crippen LogP contribution < -0.4 is 5.32 Å². The van der Waals surface area contributed by atoms with E-state index in [9.17, 15) is 4.79 Å². The van der Waals surface area contributed by atoms with E-state index < -0.39 is 10.0 Å². The van der Waals surface area contributed by atoms with Gasteiger partial charge in [-0.05, 0) is 72.8 Å².